The molecular weight excluding hydrogens is 384 g/mol. The van der Waals surface area contributed by atoms with Crippen molar-refractivity contribution in [1.82, 2.24) is 5.32 Å². The first-order valence-corrected chi connectivity index (χ1v) is 11.3. The van der Waals surface area contributed by atoms with Crippen molar-refractivity contribution in [2.24, 2.45) is 0 Å². The van der Waals surface area contributed by atoms with E-state index in [9.17, 15) is 13.2 Å². The number of hydrogen-bond acceptors (Lipinski definition) is 3. The van der Waals surface area contributed by atoms with E-state index in [0.717, 1.165) is 12.7 Å². The Balaban J connectivity index is 1.62. The first kappa shape index (κ1) is 20.6. The third-order valence-corrected chi connectivity index (χ3v) is 5.75. The standard InChI is InChI=1S/C23H24N2O3S/c1-29(27,28)21-14-8-13-20(17-21)25-23(26)24-16-15-22(18-9-4-2-5-10-18)19-11-6-3-7-12-19/h2-14,17,22H,15-16H2,1H3,(H2,24,25,26). The minimum Gasteiger partial charge on any atom is -0.338 e. The molecule has 0 atom stereocenters. The van der Waals surface area contributed by atoms with E-state index in [1.807, 2.05) is 36.4 Å². The van der Waals surface area contributed by atoms with Gasteiger partial charge in [-0.25, -0.2) is 13.2 Å². The lowest BCUT2D eigenvalue weighted by atomic mass is 9.88. The van der Waals surface area contributed by atoms with Gasteiger partial charge in [0.1, 0.15) is 0 Å². The van der Waals surface area contributed by atoms with Gasteiger partial charge in [-0.1, -0.05) is 66.7 Å². The van der Waals surface area contributed by atoms with Crippen molar-refractivity contribution in [3.05, 3.63) is 96.1 Å². The zero-order valence-corrected chi connectivity index (χ0v) is 17.0. The summed E-state index contributed by atoms with van der Waals surface area (Å²) in [6, 6.07) is 26.2. The number of carbonyl (C=O) groups is 1. The maximum absolute atomic E-state index is 12.3. The van der Waals surface area contributed by atoms with Gasteiger partial charge in [0.25, 0.3) is 0 Å². The molecule has 150 valence electrons. The van der Waals surface area contributed by atoms with E-state index in [4.69, 9.17) is 0 Å². The lowest BCUT2D eigenvalue weighted by Gasteiger charge is -2.18. The molecule has 0 aliphatic heterocycles. The lowest BCUT2D eigenvalue weighted by Crippen LogP contribution is -2.30. The molecule has 29 heavy (non-hydrogen) atoms. The molecule has 3 rings (SSSR count). The molecule has 0 aliphatic carbocycles. The predicted molar refractivity (Wildman–Crippen MR) is 116 cm³/mol. The molecule has 0 unspecified atom stereocenters. The molecule has 0 aliphatic rings. The largest absolute Gasteiger partial charge is 0.338 e. The van der Waals surface area contributed by atoms with Crippen molar-refractivity contribution in [1.29, 1.82) is 0 Å². The number of anilines is 1. The molecular formula is C23H24N2O3S. The van der Waals surface area contributed by atoms with Gasteiger partial charge >= 0.3 is 6.03 Å². The lowest BCUT2D eigenvalue weighted by molar-refractivity contribution is 0.252. The normalized spacial score (nSPS) is 11.2. The Labute approximate surface area is 171 Å². The van der Waals surface area contributed by atoms with Gasteiger partial charge in [-0.2, -0.15) is 0 Å². The smallest absolute Gasteiger partial charge is 0.319 e. The average molecular weight is 409 g/mol. The number of rotatable bonds is 7. The quantitative estimate of drug-likeness (QED) is 0.607. The van der Waals surface area contributed by atoms with E-state index in [2.05, 4.69) is 34.9 Å². The highest BCUT2D eigenvalue weighted by molar-refractivity contribution is 7.90. The number of carbonyl (C=O) groups excluding carboxylic acids is 1. The zero-order valence-electron chi connectivity index (χ0n) is 16.2. The molecule has 0 heterocycles. The molecule has 5 nitrogen and oxygen atoms in total. The summed E-state index contributed by atoms with van der Waals surface area (Å²) in [5.74, 6) is 0.172. The number of nitrogens with one attached hydrogen (secondary N) is 2. The number of urea groups is 1. The Morgan fingerprint density at radius 2 is 1.45 bits per heavy atom. The van der Waals surface area contributed by atoms with Crippen molar-refractivity contribution in [3.8, 4) is 0 Å². The Morgan fingerprint density at radius 1 is 0.862 bits per heavy atom. The Kier molecular flexibility index (Phi) is 6.67. The SMILES string of the molecule is CS(=O)(=O)c1cccc(NC(=O)NCCC(c2ccccc2)c2ccccc2)c1. The number of benzene rings is 3. The van der Waals surface area contributed by atoms with Crippen LogP contribution in [0.5, 0.6) is 0 Å². The highest BCUT2D eigenvalue weighted by Crippen LogP contribution is 2.27. The highest BCUT2D eigenvalue weighted by atomic mass is 32.2. The topological polar surface area (TPSA) is 75.3 Å². The summed E-state index contributed by atoms with van der Waals surface area (Å²) < 4.78 is 23.3. The third kappa shape index (κ3) is 5.93. The van der Waals surface area contributed by atoms with E-state index in [0.29, 0.717) is 12.2 Å². The van der Waals surface area contributed by atoms with Crippen LogP contribution in [0.2, 0.25) is 0 Å². The Morgan fingerprint density at radius 3 is 2.00 bits per heavy atom. The van der Waals surface area contributed by atoms with Gasteiger partial charge in [0, 0.05) is 24.4 Å². The first-order chi connectivity index (χ1) is 13.9. The van der Waals surface area contributed by atoms with Gasteiger partial charge in [-0.05, 0) is 35.7 Å². The fourth-order valence-corrected chi connectivity index (χ4v) is 3.87. The summed E-state index contributed by atoms with van der Waals surface area (Å²) in [4.78, 5) is 12.4. The highest BCUT2D eigenvalue weighted by Gasteiger charge is 2.14. The number of hydrogen-bond donors (Lipinski definition) is 2. The van der Waals surface area contributed by atoms with Crippen LogP contribution in [-0.2, 0) is 9.84 Å². The molecule has 3 aromatic rings. The van der Waals surface area contributed by atoms with Crippen LogP contribution in [0.3, 0.4) is 0 Å². The van der Waals surface area contributed by atoms with Crippen LogP contribution in [0.25, 0.3) is 0 Å². The molecule has 0 fully saturated rings. The molecule has 2 amide bonds. The van der Waals surface area contributed by atoms with Gasteiger partial charge in [-0.15, -0.1) is 0 Å². The van der Waals surface area contributed by atoms with Crippen molar-refractivity contribution >= 4 is 21.6 Å². The predicted octanol–water partition coefficient (Wildman–Crippen LogP) is 4.43. The van der Waals surface area contributed by atoms with Gasteiger partial charge in [-0.3, -0.25) is 0 Å². The first-order valence-electron chi connectivity index (χ1n) is 9.38. The minimum atomic E-state index is -3.32. The Bertz CT molecular complexity index is 1010. The summed E-state index contributed by atoms with van der Waals surface area (Å²) in [5, 5.41) is 5.55. The molecule has 0 saturated carbocycles. The van der Waals surface area contributed by atoms with Gasteiger partial charge < -0.3 is 10.6 Å². The minimum absolute atomic E-state index is 0.170. The van der Waals surface area contributed by atoms with E-state index in [1.54, 1.807) is 12.1 Å². The molecule has 0 saturated heterocycles. The summed E-state index contributed by atoms with van der Waals surface area (Å²) >= 11 is 0. The summed E-state index contributed by atoms with van der Waals surface area (Å²) in [6.45, 7) is 0.478. The van der Waals surface area contributed by atoms with E-state index < -0.39 is 9.84 Å². The van der Waals surface area contributed by atoms with Crippen LogP contribution in [0.1, 0.15) is 23.5 Å². The Hall–Kier alpha value is -3.12. The fraction of sp³-hybridized carbons (Fsp3) is 0.174. The average Bonchev–Trinajstić information content (AvgIpc) is 2.72. The molecule has 0 bridgehead atoms. The summed E-state index contributed by atoms with van der Waals surface area (Å²) in [5.41, 5.74) is 2.83. The van der Waals surface area contributed by atoms with Gasteiger partial charge in [0.2, 0.25) is 0 Å². The zero-order chi connectivity index (χ0) is 20.7. The van der Waals surface area contributed by atoms with Gasteiger partial charge in [0.05, 0.1) is 4.90 Å². The van der Waals surface area contributed by atoms with Crippen molar-refractivity contribution in [2.75, 3.05) is 18.1 Å². The second-order valence-electron chi connectivity index (χ2n) is 6.84. The fourth-order valence-electron chi connectivity index (χ4n) is 3.21. The summed E-state index contributed by atoms with van der Waals surface area (Å²) in [7, 11) is -3.32. The molecule has 0 spiro atoms. The maximum atomic E-state index is 12.3. The number of sulfone groups is 1. The second-order valence-corrected chi connectivity index (χ2v) is 8.86. The van der Waals surface area contributed by atoms with Crippen LogP contribution < -0.4 is 10.6 Å². The summed E-state index contributed by atoms with van der Waals surface area (Å²) in [6.07, 6.45) is 1.88. The molecule has 3 aromatic carbocycles. The maximum Gasteiger partial charge on any atom is 0.319 e. The van der Waals surface area contributed by atoms with Crippen LogP contribution in [0.15, 0.2) is 89.8 Å². The second kappa shape index (κ2) is 9.39. The van der Waals surface area contributed by atoms with Crippen LogP contribution in [-0.4, -0.2) is 27.2 Å². The monoisotopic (exact) mass is 408 g/mol. The van der Waals surface area contributed by atoms with E-state index >= 15 is 0 Å². The molecule has 0 radical (unpaired) electrons. The molecule has 2 N–H and O–H groups in total. The van der Waals surface area contributed by atoms with Crippen LogP contribution >= 0.6 is 0 Å². The molecule has 0 aromatic heterocycles. The van der Waals surface area contributed by atoms with E-state index in [1.165, 1.54) is 23.3 Å². The van der Waals surface area contributed by atoms with Crippen molar-refractivity contribution in [3.63, 3.8) is 0 Å². The van der Waals surface area contributed by atoms with Crippen molar-refractivity contribution in [2.45, 2.75) is 17.2 Å². The van der Waals surface area contributed by atoms with Crippen LogP contribution in [0.4, 0.5) is 10.5 Å². The van der Waals surface area contributed by atoms with Crippen molar-refractivity contribution < 1.29 is 13.2 Å². The van der Waals surface area contributed by atoms with Crippen LogP contribution in [0, 0.1) is 0 Å². The number of amides is 2. The van der Waals surface area contributed by atoms with E-state index in [-0.39, 0.29) is 16.8 Å². The van der Waals surface area contributed by atoms with Gasteiger partial charge in [0.15, 0.2) is 9.84 Å². The third-order valence-electron chi connectivity index (χ3n) is 4.64. The molecule has 6 heteroatoms.